The number of amides is 2. The van der Waals surface area contributed by atoms with Crippen LogP contribution in [0.4, 0.5) is 26.7 Å². The normalized spacial score (nSPS) is 20.8. The van der Waals surface area contributed by atoms with Gasteiger partial charge < -0.3 is 15.4 Å². The van der Waals surface area contributed by atoms with Gasteiger partial charge in [0.15, 0.2) is 0 Å². The quantitative estimate of drug-likeness (QED) is 0.811. The first-order valence-corrected chi connectivity index (χ1v) is 6.75. The number of nitrogens with one attached hydrogen (secondary N) is 2. The van der Waals surface area contributed by atoms with Crippen LogP contribution in [0.1, 0.15) is 18.4 Å². The summed E-state index contributed by atoms with van der Waals surface area (Å²) in [5.74, 6) is -1.66. The molecule has 128 valence electrons. The van der Waals surface area contributed by atoms with Crippen molar-refractivity contribution in [2.45, 2.75) is 38.2 Å². The van der Waals surface area contributed by atoms with Crippen LogP contribution in [-0.2, 0) is 6.54 Å². The van der Waals surface area contributed by atoms with E-state index in [1.807, 2.05) is 0 Å². The van der Waals surface area contributed by atoms with E-state index in [2.05, 4.69) is 20.4 Å². The molecule has 0 bridgehead atoms. The molecule has 1 aromatic heterocycles. The van der Waals surface area contributed by atoms with Gasteiger partial charge in [-0.25, -0.2) is 9.78 Å². The number of hydrogen-bond acceptors (Lipinski definition) is 3. The summed E-state index contributed by atoms with van der Waals surface area (Å²) in [6.45, 7) is -3.00. The van der Waals surface area contributed by atoms with Crippen molar-refractivity contribution in [3.05, 3.63) is 23.9 Å². The number of rotatable bonds is 5. The summed E-state index contributed by atoms with van der Waals surface area (Å²) < 4.78 is 65.1. The first-order chi connectivity index (χ1) is 10.7. The van der Waals surface area contributed by atoms with Crippen molar-refractivity contribution in [1.29, 1.82) is 0 Å². The molecule has 1 aliphatic carbocycles. The van der Waals surface area contributed by atoms with Crippen LogP contribution in [0.2, 0.25) is 0 Å². The van der Waals surface area contributed by atoms with Crippen LogP contribution in [0.15, 0.2) is 18.3 Å². The third kappa shape index (κ3) is 5.22. The van der Waals surface area contributed by atoms with Crippen molar-refractivity contribution in [1.82, 2.24) is 15.6 Å². The topological polar surface area (TPSA) is 63.2 Å². The van der Waals surface area contributed by atoms with Gasteiger partial charge in [-0.2, -0.15) is 22.0 Å². The molecule has 0 unspecified atom stereocenters. The highest BCUT2D eigenvalue weighted by Gasteiger charge is 2.48. The lowest BCUT2D eigenvalue weighted by Gasteiger charge is -2.36. The Bertz CT molecular complexity index is 547. The minimum absolute atomic E-state index is 0.00334. The molecule has 1 aromatic rings. The van der Waals surface area contributed by atoms with Gasteiger partial charge in [-0.15, -0.1) is 0 Å². The van der Waals surface area contributed by atoms with Crippen molar-refractivity contribution in [3.8, 4) is 5.88 Å². The number of ether oxygens (including phenoxy) is 1. The summed E-state index contributed by atoms with van der Waals surface area (Å²) in [4.78, 5) is 15.1. The Morgan fingerprint density at radius 3 is 2.70 bits per heavy atom. The van der Waals surface area contributed by atoms with Crippen molar-refractivity contribution < 1.29 is 31.5 Å². The maximum absolute atomic E-state index is 12.3. The number of nitrogens with zero attached hydrogens (tertiary/aromatic N) is 1. The Hall–Kier alpha value is -2.13. The standard InChI is InChI=1S/C13H14F5N3O2/c14-11(15)23-10-3-7(1-2-19-10)6-20-12(22)21-9-4-8(5-9)13(16,17)18/h1-3,8-9,11H,4-6H2,(H2,20,21,22)/t8-,9+. The van der Waals surface area contributed by atoms with E-state index in [1.165, 1.54) is 18.3 Å². The van der Waals surface area contributed by atoms with Crippen LogP contribution in [0.5, 0.6) is 5.88 Å². The second kappa shape index (κ2) is 6.97. The zero-order valence-corrected chi connectivity index (χ0v) is 11.7. The molecule has 0 atom stereocenters. The minimum Gasteiger partial charge on any atom is -0.417 e. The summed E-state index contributed by atoms with van der Waals surface area (Å²) >= 11 is 0. The summed E-state index contributed by atoms with van der Waals surface area (Å²) in [7, 11) is 0. The van der Waals surface area contributed by atoms with E-state index in [0.717, 1.165) is 0 Å². The molecule has 0 aromatic carbocycles. The van der Waals surface area contributed by atoms with Gasteiger partial charge >= 0.3 is 18.8 Å². The second-order valence-corrected chi connectivity index (χ2v) is 5.11. The van der Waals surface area contributed by atoms with Gasteiger partial charge in [0.25, 0.3) is 0 Å². The van der Waals surface area contributed by atoms with Crippen molar-refractivity contribution >= 4 is 6.03 Å². The molecule has 1 aliphatic rings. The van der Waals surface area contributed by atoms with Crippen molar-refractivity contribution in [2.24, 2.45) is 5.92 Å². The van der Waals surface area contributed by atoms with Gasteiger partial charge in [-0.1, -0.05) is 0 Å². The molecule has 1 saturated carbocycles. The van der Waals surface area contributed by atoms with Gasteiger partial charge in [-0.3, -0.25) is 0 Å². The number of aromatic nitrogens is 1. The number of carbonyl (C=O) groups is 1. The van der Waals surface area contributed by atoms with Gasteiger partial charge in [0, 0.05) is 24.8 Å². The molecule has 2 N–H and O–H groups in total. The van der Waals surface area contributed by atoms with Crippen LogP contribution in [0.25, 0.3) is 0 Å². The van der Waals surface area contributed by atoms with E-state index >= 15 is 0 Å². The van der Waals surface area contributed by atoms with Gasteiger partial charge in [0.05, 0.1) is 5.92 Å². The maximum Gasteiger partial charge on any atom is 0.391 e. The fourth-order valence-corrected chi connectivity index (χ4v) is 2.14. The molecule has 5 nitrogen and oxygen atoms in total. The zero-order chi connectivity index (χ0) is 17.0. The Morgan fingerprint density at radius 2 is 2.09 bits per heavy atom. The number of urea groups is 1. The smallest absolute Gasteiger partial charge is 0.391 e. The predicted octanol–water partition coefficient (Wildman–Crippen LogP) is 2.82. The fraction of sp³-hybridized carbons (Fsp3) is 0.538. The highest BCUT2D eigenvalue weighted by molar-refractivity contribution is 5.74. The van der Waals surface area contributed by atoms with Gasteiger partial charge in [0.2, 0.25) is 5.88 Å². The Morgan fingerprint density at radius 1 is 1.39 bits per heavy atom. The lowest BCUT2D eigenvalue weighted by molar-refractivity contribution is -0.198. The van der Waals surface area contributed by atoms with Gasteiger partial charge in [-0.05, 0) is 24.5 Å². The highest BCUT2D eigenvalue weighted by atomic mass is 19.4. The summed E-state index contributed by atoms with van der Waals surface area (Å²) in [5.41, 5.74) is 0.465. The van der Waals surface area contributed by atoms with Crippen LogP contribution in [0, 0.1) is 5.92 Å². The van der Waals surface area contributed by atoms with Crippen LogP contribution >= 0.6 is 0 Å². The van der Waals surface area contributed by atoms with E-state index < -0.39 is 30.8 Å². The van der Waals surface area contributed by atoms with E-state index in [0.29, 0.717) is 5.56 Å². The predicted molar refractivity (Wildman–Crippen MR) is 68.8 cm³/mol. The number of hydrogen-bond donors (Lipinski definition) is 2. The van der Waals surface area contributed by atoms with Gasteiger partial charge in [0.1, 0.15) is 0 Å². The Balaban J connectivity index is 1.73. The third-order valence-electron chi connectivity index (χ3n) is 3.40. The van der Waals surface area contributed by atoms with Crippen molar-refractivity contribution in [2.75, 3.05) is 0 Å². The van der Waals surface area contributed by atoms with E-state index in [1.54, 1.807) is 0 Å². The summed E-state index contributed by atoms with van der Waals surface area (Å²) in [5, 5.41) is 4.85. The highest BCUT2D eigenvalue weighted by Crippen LogP contribution is 2.40. The molecular weight excluding hydrogens is 325 g/mol. The monoisotopic (exact) mass is 339 g/mol. The SMILES string of the molecule is O=C(NCc1ccnc(OC(F)F)c1)N[C@H]1C[C@@H](C(F)(F)F)C1. The summed E-state index contributed by atoms with van der Waals surface area (Å²) in [6, 6.07) is 1.58. The molecular formula is C13H14F5N3O2. The Labute approximate surface area is 128 Å². The second-order valence-electron chi connectivity index (χ2n) is 5.11. The maximum atomic E-state index is 12.3. The lowest BCUT2D eigenvalue weighted by Crippen LogP contribution is -2.51. The number of pyridine rings is 1. The zero-order valence-electron chi connectivity index (χ0n) is 11.7. The Kier molecular flexibility index (Phi) is 5.22. The van der Waals surface area contributed by atoms with Crippen LogP contribution in [0.3, 0.4) is 0 Å². The molecule has 0 saturated heterocycles. The molecule has 0 radical (unpaired) electrons. The number of alkyl halides is 5. The molecule has 10 heteroatoms. The molecule has 2 rings (SSSR count). The first-order valence-electron chi connectivity index (χ1n) is 6.75. The number of carbonyl (C=O) groups excluding carboxylic acids is 1. The largest absolute Gasteiger partial charge is 0.417 e. The van der Waals surface area contributed by atoms with E-state index in [-0.39, 0.29) is 25.3 Å². The van der Waals surface area contributed by atoms with E-state index in [9.17, 15) is 26.7 Å². The molecule has 2 amide bonds. The number of halogens is 5. The van der Waals surface area contributed by atoms with E-state index in [4.69, 9.17) is 0 Å². The summed E-state index contributed by atoms with van der Waals surface area (Å²) in [6.07, 6.45) is -3.27. The molecule has 1 heterocycles. The fourth-order valence-electron chi connectivity index (χ4n) is 2.14. The molecule has 23 heavy (non-hydrogen) atoms. The third-order valence-corrected chi connectivity index (χ3v) is 3.40. The first kappa shape index (κ1) is 17.2. The molecule has 0 spiro atoms. The van der Waals surface area contributed by atoms with Crippen LogP contribution in [-0.4, -0.2) is 29.8 Å². The molecule has 0 aliphatic heterocycles. The minimum atomic E-state index is -4.23. The van der Waals surface area contributed by atoms with Crippen molar-refractivity contribution in [3.63, 3.8) is 0 Å². The van der Waals surface area contributed by atoms with Crippen LogP contribution < -0.4 is 15.4 Å². The molecule has 1 fully saturated rings. The average molecular weight is 339 g/mol. The lowest BCUT2D eigenvalue weighted by atomic mass is 9.80. The average Bonchev–Trinajstić information content (AvgIpc) is 2.38.